The molecule has 1 fully saturated rings. The van der Waals surface area contributed by atoms with Crippen LogP contribution in [0, 0.1) is 12.8 Å². The van der Waals surface area contributed by atoms with E-state index in [0.29, 0.717) is 31.5 Å². The van der Waals surface area contributed by atoms with Crippen LogP contribution in [-0.4, -0.2) is 50.4 Å². The third-order valence-electron chi connectivity index (χ3n) is 4.97. The van der Waals surface area contributed by atoms with Gasteiger partial charge in [-0.05, 0) is 38.0 Å². The van der Waals surface area contributed by atoms with Crippen LogP contribution in [0.5, 0.6) is 0 Å². The molecule has 0 aromatic carbocycles. The lowest BCUT2D eigenvalue weighted by molar-refractivity contribution is -0.125. The maximum atomic E-state index is 12.4. The zero-order valence-electron chi connectivity index (χ0n) is 15.6. The number of aliphatic hydroxyl groups is 1. The molecule has 3 rings (SSSR count). The van der Waals surface area contributed by atoms with Gasteiger partial charge in [0.1, 0.15) is 5.69 Å². The van der Waals surface area contributed by atoms with Crippen LogP contribution in [0.2, 0.25) is 0 Å². The van der Waals surface area contributed by atoms with Crippen LogP contribution < -0.4 is 10.6 Å². The number of aliphatic hydroxyl groups excluding tert-OH is 1. The van der Waals surface area contributed by atoms with E-state index in [1.54, 1.807) is 24.0 Å². The first-order chi connectivity index (χ1) is 12.9. The number of amides is 2. The summed E-state index contributed by atoms with van der Waals surface area (Å²) in [6, 6.07) is 6.91. The zero-order valence-corrected chi connectivity index (χ0v) is 15.6. The van der Waals surface area contributed by atoms with E-state index in [-0.39, 0.29) is 17.7 Å². The van der Waals surface area contributed by atoms with Crippen molar-refractivity contribution in [3.05, 3.63) is 47.5 Å². The second kappa shape index (κ2) is 8.30. The first-order valence-electron chi connectivity index (χ1n) is 9.11. The summed E-state index contributed by atoms with van der Waals surface area (Å²) in [6.45, 7) is 2.35. The van der Waals surface area contributed by atoms with Crippen LogP contribution in [0.1, 0.15) is 34.7 Å². The lowest BCUT2D eigenvalue weighted by Gasteiger charge is -2.15. The number of carbonyl (C=O) groups excluding carboxylic acids is 2. The van der Waals surface area contributed by atoms with Gasteiger partial charge < -0.3 is 15.7 Å². The van der Waals surface area contributed by atoms with Crippen molar-refractivity contribution in [3.8, 4) is 0 Å². The van der Waals surface area contributed by atoms with Gasteiger partial charge in [0.15, 0.2) is 0 Å². The minimum absolute atomic E-state index is 0.101. The molecule has 0 bridgehead atoms. The Morgan fingerprint density at radius 3 is 2.81 bits per heavy atom. The van der Waals surface area contributed by atoms with Gasteiger partial charge >= 0.3 is 0 Å². The second-order valence-corrected chi connectivity index (χ2v) is 6.97. The van der Waals surface area contributed by atoms with Gasteiger partial charge in [0, 0.05) is 43.5 Å². The fourth-order valence-corrected chi connectivity index (χ4v) is 3.30. The zero-order chi connectivity index (χ0) is 19.4. The first kappa shape index (κ1) is 19.0. The Hall–Kier alpha value is -2.74. The number of aryl methyl sites for hydroxylation is 2. The minimum atomic E-state index is -0.745. The van der Waals surface area contributed by atoms with Crippen LogP contribution in [-0.2, 0) is 18.3 Å². The van der Waals surface area contributed by atoms with Gasteiger partial charge in [-0.3, -0.25) is 19.3 Å². The number of hydrogen-bond donors (Lipinski definition) is 3. The highest BCUT2D eigenvalue weighted by Gasteiger charge is 2.37. The van der Waals surface area contributed by atoms with Crippen molar-refractivity contribution >= 4 is 11.8 Å². The average Bonchev–Trinajstić information content (AvgIpc) is 3.18. The van der Waals surface area contributed by atoms with Gasteiger partial charge in [-0.15, -0.1) is 0 Å². The number of rotatable bonds is 6. The van der Waals surface area contributed by atoms with Crippen molar-refractivity contribution in [2.75, 3.05) is 6.54 Å². The summed E-state index contributed by atoms with van der Waals surface area (Å²) in [6.07, 6.45) is 2.38. The van der Waals surface area contributed by atoms with Gasteiger partial charge in [-0.2, -0.15) is 5.10 Å². The third-order valence-corrected chi connectivity index (χ3v) is 4.97. The quantitative estimate of drug-likeness (QED) is 0.679. The number of aromatic nitrogens is 3. The van der Waals surface area contributed by atoms with Crippen molar-refractivity contribution in [2.24, 2.45) is 13.0 Å². The molecule has 1 aliphatic rings. The highest BCUT2D eigenvalue weighted by atomic mass is 16.3. The summed E-state index contributed by atoms with van der Waals surface area (Å²) in [4.78, 5) is 28.9. The number of pyridine rings is 1. The second-order valence-electron chi connectivity index (χ2n) is 6.97. The number of hydrogen-bond acceptors (Lipinski definition) is 5. The van der Waals surface area contributed by atoms with Crippen LogP contribution in [0.3, 0.4) is 0 Å². The monoisotopic (exact) mass is 371 g/mol. The number of nitrogens with one attached hydrogen (secondary N) is 2. The Bertz CT molecular complexity index is 785. The van der Waals surface area contributed by atoms with Crippen molar-refractivity contribution < 1.29 is 14.7 Å². The molecule has 8 heteroatoms. The molecule has 2 amide bonds. The molecule has 0 saturated heterocycles. The summed E-state index contributed by atoms with van der Waals surface area (Å²) >= 11 is 0. The molecule has 2 aromatic heterocycles. The highest BCUT2D eigenvalue weighted by Crippen LogP contribution is 2.26. The minimum Gasteiger partial charge on any atom is -0.391 e. The maximum Gasteiger partial charge on any atom is 0.272 e. The molecule has 27 heavy (non-hydrogen) atoms. The van der Waals surface area contributed by atoms with Crippen LogP contribution in [0.4, 0.5) is 0 Å². The van der Waals surface area contributed by atoms with E-state index in [4.69, 9.17) is 0 Å². The van der Waals surface area contributed by atoms with Gasteiger partial charge in [-0.25, -0.2) is 0 Å². The van der Waals surface area contributed by atoms with Crippen molar-refractivity contribution in [3.63, 3.8) is 0 Å². The summed E-state index contributed by atoms with van der Waals surface area (Å²) in [5, 5.41) is 20.1. The predicted octanol–water partition coefficient (Wildman–Crippen LogP) is 0.352. The molecule has 2 heterocycles. The van der Waals surface area contributed by atoms with Crippen molar-refractivity contribution in [1.82, 2.24) is 25.4 Å². The molecule has 0 spiro atoms. The molecule has 0 aliphatic heterocycles. The molecule has 1 aliphatic carbocycles. The Labute approximate surface area is 158 Å². The molecular weight excluding hydrogens is 346 g/mol. The van der Waals surface area contributed by atoms with E-state index in [9.17, 15) is 14.7 Å². The average molecular weight is 371 g/mol. The largest absolute Gasteiger partial charge is 0.391 e. The smallest absolute Gasteiger partial charge is 0.272 e. The molecule has 2 aromatic rings. The molecule has 0 unspecified atom stereocenters. The molecule has 3 atom stereocenters. The van der Waals surface area contributed by atoms with E-state index in [1.807, 2.05) is 25.1 Å². The Morgan fingerprint density at radius 2 is 2.15 bits per heavy atom. The highest BCUT2D eigenvalue weighted by molar-refractivity contribution is 5.92. The van der Waals surface area contributed by atoms with E-state index < -0.39 is 12.1 Å². The topological polar surface area (TPSA) is 109 Å². The fourth-order valence-electron chi connectivity index (χ4n) is 3.30. The Balaban J connectivity index is 1.48. The standard InChI is InChI=1S/C19H25N5O3/c1-12-9-16(23-24(12)2)19(27)22-15-10-13(11-17(15)25)18(26)21-8-6-14-5-3-4-7-20-14/h3-5,7,9,13,15,17,25H,6,8,10-11H2,1-2H3,(H,21,26)(H,22,27)/t13-,15-,17-/m0/s1. The third kappa shape index (κ3) is 4.71. The number of nitrogens with zero attached hydrogens (tertiary/aromatic N) is 3. The van der Waals surface area contributed by atoms with Crippen LogP contribution >= 0.6 is 0 Å². The Morgan fingerprint density at radius 1 is 1.33 bits per heavy atom. The summed E-state index contributed by atoms with van der Waals surface area (Å²) in [5.41, 5.74) is 2.10. The molecule has 144 valence electrons. The summed E-state index contributed by atoms with van der Waals surface area (Å²) < 4.78 is 1.62. The maximum absolute atomic E-state index is 12.4. The van der Waals surface area contributed by atoms with Crippen molar-refractivity contribution in [2.45, 2.75) is 38.3 Å². The van der Waals surface area contributed by atoms with E-state index >= 15 is 0 Å². The lowest BCUT2D eigenvalue weighted by Crippen LogP contribution is -2.40. The SMILES string of the molecule is Cc1cc(C(=O)N[C@H]2C[C@H](C(=O)NCCc3ccccn3)C[C@@H]2O)nn1C. The fraction of sp³-hybridized carbons (Fsp3) is 0.474. The van der Waals surface area contributed by atoms with Crippen molar-refractivity contribution in [1.29, 1.82) is 0 Å². The first-order valence-corrected chi connectivity index (χ1v) is 9.11. The van der Waals surface area contributed by atoms with E-state index in [0.717, 1.165) is 11.4 Å². The molecule has 8 nitrogen and oxygen atoms in total. The molecule has 1 saturated carbocycles. The van der Waals surface area contributed by atoms with Crippen LogP contribution in [0.25, 0.3) is 0 Å². The van der Waals surface area contributed by atoms with Crippen LogP contribution in [0.15, 0.2) is 30.5 Å². The number of carbonyl (C=O) groups is 2. The van der Waals surface area contributed by atoms with E-state index in [2.05, 4.69) is 20.7 Å². The molecular formula is C19H25N5O3. The summed E-state index contributed by atoms with van der Waals surface area (Å²) in [7, 11) is 1.77. The molecule has 0 radical (unpaired) electrons. The predicted molar refractivity (Wildman–Crippen MR) is 98.9 cm³/mol. The normalized spacial score (nSPS) is 21.8. The Kier molecular flexibility index (Phi) is 5.85. The summed E-state index contributed by atoms with van der Waals surface area (Å²) in [5.74, 6) is -0.756. The van der Waals surface area contributed by atoms with Gasteiger partial charge in [0.25, 0.3) is 5.91 Å². The van der Waals surface area contributed by atoms with E-state index in [1.165, 1.54) is 0 Å². The van der Waals surface area contributed by atoms with Gasteiger partial charge in [0.2, 0.25) is 5.91 Å². The van der Waals surface area contributed by atoms with Gasteiger partial charge in [0.05, 0.1) is 12.1 Å². The van der Waals surface area contributed by atoms with Gasteiger partial charge in [-0.1, -0.05) is 6.07 Å². The lowest BCUT2D eigenvalue weighted by atomic mass is 10.1. The molecule has 3 N–H and O–H groups in total.